The number of pyridine rings is 1. The van der Waals surface area contributed by atoms with Crippen LogP contribution in [0.4, 0.5) is 5.69 Å². The van der Waals surface area contributed by atoms with E-state index in [1.165, 1.54) is 16.8 Å². The summed E-state index contributed by atoms with van der Waals surface area (Å²) in [5, 5.41) is 2.19. The fourth-order valence-corrected chi connectivity index (χ4v) is 3.85. The van der Waals surface area contributed by atoms with Crippen molar-refractivity contribution in [3.63, 3.8) is 0 Å². The third-order valence-corrected chi connectivity index (χ3v) is 5.07. The molecule has 0 spiro atoms. The number of aryl methyl sites for hydroxylation is 1. The normalized spacial score (nSPS) is 11.6. The van der Waals surface area contributed by atoms with Crippen molar-refractivity contribution in [2.24, 2.45) is 4.99 Å². The Kier molecular flexibility index (Phi) is 5.03. The lowest BCUT2D eigenvalue weighted by Gasteiger charge is -2.09. The number of thiazole rings is 1. The summed E-state index contributed by atoms with van der Waals surface area (Å²) in [7, 11) is 0. The van der Waals surface area contributed by atoms with Gasteiger partial charge in [-0.3, -0.25) is 4.98 Å². The Labute approximate surface area is 157 Å². The highest BCUT2D eigenvalue weighted by Gasteiger charge is 2.08. The number of hydrogen-bond donors (Lipinski definition) is 0. The number of aromatic nitrogens is 2. The molecule has 4 rings (SSSR count). The Bertz CT molecular complexity index is 1020. The Balaban J connectivity index is 1.75. The van der Waals surface area contributed by atoms with Crippen LogP contribution in [0, 0.1) is 0 Å². The molecule has 0 N–H and O–H groups in total. The lowest BCUT2D eigenvalue weighted by atomic mass is 10.1. The first-order chi connectivity index (χ1) is 12.9. The zero-order chi connectivity index (χ0) is 17.6. The van der Waals surface area contributed by atoms with Gasteiger partial charge in [0.15, 0.2) is 4.80 Å². The van der Waals surface area contributed by atoms with Crippen LogP contribution in [-0.2, 0) is 13.0 Å². The Hall–Kier alpha value is -2.98. The molecular weight excluding hydrogens is 338 g/mol. The van der Waals surface area contributed by atoms with E-state index in [4.69, 9.17) is 4.99 Å². The lowest BCUT2D eigenvalue weighted by molar-refractivity contribution is 0.684. The molecule has 3 nitrogen and oxygen atoms in total. The maximum atomic E-state index is 4.82. The molecule has 4 heteroatoms. The van der Waals surface area contributed by atoms with Crippen molar-refractivity contribution in [2.75, 3.05) is 0 Å². The van der Waals surface area contributed by atoms with E-state index in [0.717, 1.165) is 23.5 Å². The minimum absolute atomic E-state index is 0.877. The second-order valence-electron chi connectivity index (χ2n) is 5.98. The second kappa shape index (κ2) is 7.93. The molecule has 0 amide bonds. The van der Waals surface area contributed by atoms with Gasteiger partial charge in [0.2, 0.25) is 0 Å². The van der Waals surface area contributed by atoms with E-state index in [-0.39, 0.29) is 0 Å². The molecule has 0 atom stereocenters. The SMILES string of the molecule is c1ccc(CCn2c(-c3ccccc3)csc2=Nc2cccnc2)cc1. The van der Waals surface area contributed by atoms with Crippen LogP contribution in [0.3, 0.4) is 0 Å². The summed E-state index contributed by atoms with van der Waals surface area (Å²) < 4.78 is 2.31. The smallest absolute Gasteiger partial charge is 0.190 e. The van der Waals surface area contributed by atoms with Crippen LogP contribution in [0.5, 0.6) is 0 Å². The lowest BCUT2D eigenvalue weighted by Crippen LogP contribution is -2.17. The molecule has 0 aliphatic carbocycles. The Morgan fingerprint density at radius 1 is 0.885 bits per heavy atom. The molecule has 26 heavy (non-hydrogen) atoms. The van der Waals surface area contributed by atoms with E-state index < -0.39 is 0 Å². The first-order valence-corrected chi connectivity index (χ1v) is 9.50. The van der Waals surface area contributed by atoms with Crippen LogP contribution >= 0.6 is 11.3 Å². The molecule has 0 saturated heterocycles. The van der Waals surface area contributed by atoms with E-state index in [1.807, 2.05) is 18.2 Å². The van der Waals surface area contributed by atoms with Crippen LogP contribution in [-0.4, -0.2) is 9.55 Å². The van der Waals surface area contributed by atoms with Crippen molar-refractivity contribution >= 4 is 17.0 Å². The molecular formula is C22H19N3S. The van der Waals surface area contributed by atoms with E-state index >= 15 is 0 Å². The zero-order valence-electron chi connectivity index (χ0n) is 14.3. The van der Waals surface area contributed by atoms with E-state index in [1.54, 1.807) is 23.7 Å². The maximum absolute atomic E-state index is 4.82. The maximum Gasteiger partial charge on any atom is 0.190 e. The van der Waals surface area contributed by atoms with Crippen molar-refractivity contribution in [3.05, 3.63) is 101 Å². The summed E-state index contributed by atoms with van der Waals surface area (Å²) in [6, 6.07) is 25.0. The monoisotopic (exact) mass is 357 g/mol. The fourth-order valence-electron chi connectivity index (χ4n) is 2.89. The summed E-state index contributed by atoms with van der Waals surface area (Å²) in [5.74, 6) is 0. The number of nitrogens with zero attached hydrogens (tertiary/aromatic N) is 3. The topological polar surface area (TPSA) is 30.2 Å². The van der Waals surface area contributed by atoms with Crippen LogP contribution in [0.1, 0.15) is 5.56 Å². The van der Waals surface area contributed by atoms with Gasteiger partial charge in [0, 0.05) is 18.1 Å². The standard InChI is InChI=1S/C22H19N3S/c1-3-8-18(9-4-1)13-15-25-21(19-10-5-2-6-11-19)17-26-22(25)24-20-12-7-14-23-16-20/h1-12,14,16-17H,13,15H2. The first-order valence-electron chi connectivity index (χ1n) is 8.62. The molecule has 0 aliphatic heterocycles. The van der Waals surface area contributed by atoms with Gasteiger partial charge in [-0.2, -0.15) is 0 Å². The first kappa shape index (κ1) is 16.5. The summed E-state index contributed by atoms with van der Waals surface area (Å²) >= 11 is 1.67. The number of hydrogen-bond acceptors (Lipinski definition) is 3. The minimum Gasteiger partial charge on any atom is -0.316 e. The highest BCUT2D eigenvalue weighted by molar-refractivity contribution is 7.07. The molecule has 0 unspecified atom stereocenters. The molecule has 2 aromatic heterocycles. The van der Waals surface area contributed by atoms with E-state index in [2.05, 4.69) is 69.5 Å². The van der Waals surface area contributed by atoms with Crippen molar-refractivity contribution < 1.29 is 0 Å². The van der Waals surface area contributed by atoms with Gasteiger partial charge in [-0.15, -0.1) is 11.3 Å². The van der Waals surface area contributed by atoms with Crippen molar-refractivity contribution in [1.82, 2.24) is 9.55 Å². The summed E-state index contributed by atoms with van der Waals surface area (Å²) in [6.45, 7) is 0.886. The third-order valence-electron chi connectivity index (χ3n) is 4.20. The van der Waals surface area contributed by atoms with Crippen LogP contribution in [0.15, 0.2) is 95.6 Å². The summed E-state index contributed by atoms with van der Waals surface area (Å²) in [5.41, 5.74) is 4.62. The number of benzene rings is 2. The fraction of sp³-hybridized carbons (Fsp3) is 0.0909. The average molecular weight is 357 g/mol. The van der Waals surface area contributed by atoms with Crippen molar-refractivity contribution in [3.8, 4) is 11.3 Å². The van der Waals surface area contributed by atoms with Crippen LogP contribution in [0.25, 0.3) is 11.3 Å². The molecule has 0 radical (unpaired) electrons. The molecule has 0 bridgehead atoms. The molecule has 0 fully saturated rings. The molecule has 4 aromatic rings. The highest BCUT2D eigenvalue weighted by Crippen LogP contribution is 2.21. The summed E-state index contributed by atoms with van der Waals surface area (Å²) in [6.07, 6.45) is 4.54. The van der Waals surface area contributed by atoms with Crippen molar-refractivity contribution in [1.29, 1.82) is 0 Å². The van der Waals surface area contributed by atoms with Crippen LogP contribution < -0.4 is 4.80 Å². The quantitative estimate of drug-likeness (QED) is 0.489. The second-order valence-corrected chi connectivity index (χ2v) is 6.82. The molecule has 2 heterocycles. The van der Waals surface area contributed by atoms with Gasteiger partial charge in [0.25, 0.3) is 0 Å². The summed E-state index contributed by atoms with van der Waals surface area (Å²) in [4.78, 5) is 9.98. The molecule has 128 valence electrons. The van der Waals surface area contributed by atoms with Gasteiger partial charge >= 0.3 is 0 Å². The third kappa shape index (κ3) is 3.81. The Morgan fingerprint density at radius 2 is 1.65 bits per heavy atom. The molecule has 0 aliphatic rings. The van der Waals surface area contributed by atoms with Crippen molar-refractivity contribution in [2.45, 2.75) is 13.0 Å². The van der Waals surface area contributed by atoms with E-state index in [9.17, 15) is 0 Å². The average Bonchev–Trinajstić information content (AvgIpc) is 3.11. The van der Waals surface area contributed by atoms with Gasteiger partial charge in [0.05, 0.1) is 17.6 Å². The van der Waals surface area contributed by atoms with Gasteiger partial charge < -0.3 is 4.57 Å². The van der Waals surface area contributed by atoms with Gasteiger partial charge in [0.1, 0.15) is 0 Å². The van der Waals surface area contributed by atoms with Gasteiger partial charge in [-0.05, 0) is 29.7 Å². The highest BCUT2D eigenvalue weighted by atomic mass is 32.1. The minimum atomic E-state index is 0.877. The predicted octanol–water partition coefficient (Wildman–Crippen LogP) is 5.09. The van der Waals surface area contributed by atoms with Crippen LogP contribution in [0.2, 0.25) is 0 Å². The largest absolute Gasteiger partial charge is 0.316 e. The zero-order valence-corrected chi connectivity index (χ0v) is 15.1. The van der Waals surface area contributed by atoms with Gasteiger partial charge in [-0.1, -0.05) is 60.7 Å². The number of rotatable bonds is 5. The predicted molar refractivity (Wildman–Crippen MR) is 107 cm³/mol. The van der Waals surface area contributed by atoms with Gasteiger partial charge in [-0.25, -0.2) is 4.99 Å². The Morgan fingerprint density at radius 3 is 2.38 bits per heavy atom. The van der Waals surface area contributed by atoms with E-state index in [0.29, 0.717) is 0 Å². The molecule has 0 saturated carbocycles. The molecule has 2 aromatic carbocycles.